The van der Waals surface area contributed by atoms with Gasteiger partial charge in [0.1, 0.15) is 5.75 Å². The van der Waals surface area contributed by atoms with Crippen LogP contribution in [0.2, 0.25) is 0 Å². The van der Waals surface area contributed by atoms with Gasteiger partial charge in [-0.3, -0.25) is 9.59 Å². The first kappa shape index (κ1) is 14.1. The summed E-state index contributed by atoms with van der Waals surface area (Å²) in [6, 6.07) is 6.74. The Balaban J connectivity index is 1.57. The lowest BCUT2D eigenvalue weighted by atomic mass is 9.72. The number of esters is 1. The Morgan fingerprint density at radius 2 is 2.14 bits per heavy atom. The number of benzene rings is 1. The van der Waals surface area contributed by atoms with Crippen LogP contribution in [-0.4, -0.2) is 18.4 Å². The molecular weight excluding hydrogens is 266 g/mol. The van der Waals surface area contributed by atoms with Crippen LogP contribution in [0, 0.1) is 23.7 Å². The Labute approximate surface area is 124 Å². The average molecular weight is 287 g/mol. The van der Waals surface area contributed by atoms with Gasteiger partial charge in [0.05, 0.1) is 0 Å². The van der Waals surface area contributed by atoms with E-state index >= 15 is 0 Å². The summed E-state index contributed by atoms with van der Waals surface area (Å²) in [5, 5.41) is 3.02. The quantitative estimate of drug-likeness (QED) is 0.684. The first-order chi connectivity index (χ1) is 10.0. The Morgan fingerprint density at radius 3 is 2.76 bits per heavy atom. The number of carbonyl (C=O) groups is 2. The van der Waals surface area contributed by atoms with Crippen molar-refractivity contribution in [2.75, 3.05) is 6.54 Å². The number of hydrogen-bond donors (Lipinski definition) is 1. The van der Waals surface area contributed by atoms with Gasteiger partial charge in [0.2, 0.25) is 0 Å². The number of carbonyl (C=O) groups excluding carboxylic acids is 2. The zero-order valence-electron chi connectivity index (χ0n) is 12.5. The van der Waals surface area contributed by atoms with Crippen LogP contribution < -0.4 is 10.1 Å². The number of fused-ring (bicyclic) bond motifs is 1. The fourth-order valence-electron chi connectivity index (χ4n) is 3.86. The van der Waals surface area contributed by atoms with Crippen molar-refractivity contribution in [2.24, 2.45) is 23.7 Å². The number of nitrogens with one attached hydrogen (secondary N) is 1. The molecule has 4 atom stereocenters. The smallest absolute Gasteiger partial charge is 0.308 e. The molecule has 0 heterocycles. The van der Waals surface area contributed by atoms with Crippen LogP contribution in [0.25, 0.3) is 0 Å². The SMILES string of the molecule is CC(=O)Oc1cccc(C(=O)NCC2CC3CC2[C@@H]3C)c1. The van der Waals surface area contributed by atoms with Gasteiger partial charge >= 0.3 is 5.97 Å². The molecule has 0 radical (unpaired) electrons. The van der Waals surface area contributed by atoms with Crippen LogP contribution in [-0.2, 0) is 4.79 Å². The maximum Gasteiger partial charge on any atom is 0.308 e. The highest BCUT2D eigenvalue weighted by atomic mass is 16.5. The van der Waals surface area contributed by atoms with E-state index in [1.165, 1.54) is 19.8 Å². The van der Waals surface area contributed by atoms with Gasteiger partial charge in [-0.15, -0.1) is 0 Å². The molecule has 3 saturated carbocycles. The molecule has 3 aliphatic carbocycles. The van der Waals surface area contributed by atoms with Crippen molar-refractivity contribution in [1.29, 1.82) is 0 Å². The molecule has 21 heavy (non-hydrogen) atoms. The van der Waals surface area contributed by atoms with Crippen LogP contribution in [0.1, 0.15) is 37.0 Å². The molecule has 4 heteroatoms. The largest absolute Gasteiger partial charge is 0.427 e. The molecule has 3 aliphatic rings. The molecule has 1 amide bonds. The zero-order chi connectivity index (χ0) is 15.0. The average Bonchev–Trinajstić information content (AvgIpc) is 3.01. The molecule has 0 aromatic heterocycles. The van der Waals surface area contributed by atoms with E-state index < -0.39 is 0 Å². The Hall–Kier alpha value is -1.84. The molecule has 1 N–H and O–H groups in total. The lowest BCUT2D eigenvalue weighted by Gasteiger charge is -2.33. The van der Waals surface area contributed by atoms with Crippen molar-refractivity contribution in [1.82, 2.24) is 5.32 Å². The van der Waals surface area contributed by atoms with E-state index in [4.69, 9.17) is 4.74 Å². The monoisotopic (exact) mass is 287 g/mol. The molecule has 4 rings (SSSR count). The van der Waals surface area contributed by atoms with E-state index in [1.54, 1.807) is 24.3 Å². The van der Waals surface area contributed by atoms with Gasteiger partial charge in [-0.25, -0.2) is 0 Å². The molecule has 4 nitrogen and oxygen atoms in total. The van der Waals surface area contributed by atoms with Crippen LogP contribution >= 0.6 is 0 Å². The molecule has 0 saturated heterocycles. The summed E-state index contributed by atoms with van der Waals surface area (Å²) in [4.78, 5) is 23.1. The van der Waals surface area contributed by atoms with Crippen molar-refractivity contribution in [3.8, 4) is 5.75 Å². The maximum atomic E-state index is 12.2. The van der Waals surface area contributed by atoms with Gasteiger partial charge in [0.15, 0.2) is 0 Å². The van der Waals surface area contributed by atoms with E-state index in [0.717, 1.165) is 24.3 Å². The third-order valence-electron chi connectivity index (χ3n) is 5.09. The highest BCUT2D eigenvalue weighted by Crippen LogP contribution is 2.56. The summed E-state index contributed by atoms with van der Waals surface area (Å²) in [6.07, 6.45) is 2.59. The Bertz CT molecular complexity index is 569. The zero-order valence-corrected chi connectivity index (χ0v) is 12.5. The summed E-state index contributed by atoms with van der Waals surface area (Å²) in [5.41, 5.74) is 0.534. The second-order valence-electron chi connectivity index (χ2n) is 6.35. The minimum atomic E-state index is -0.382. The van der Waals surface area contributed by atoms with Gasteiger partial charge in [-0.1, -0.05) is 13.0 Å². The number of rotatable bonds is 4. The lowest BCUT2D eigenvalue weighted by molar-refractivity contribution is -0.131. The third kappa shape index (κ3) is 2.80. The molecule has 0 spiro atoms. The van der Waals surface area contributed by atoms with Crippen molar-refractivity contribution < 1.29 is 14.3 Å². The summed E-state index contributed by atoms with van der Waals surface area (Å²) < 4.78 is 5.00. The molecular formula is C17H21NO3. The van der Waals surface area contributed by atoms with Gasteiger partial charge in [0, 0.05) is 19.0 Å². The summed E-state index contributed by atoms with van der Waals surface area (Å²) in [6.45, 7) is 4.42. The summed E-state index contributed by atoms with van der Waals surface area (Å²) in [5.74, 6) is 3.07. The third-order valence-corrected chi connectivity index (χ3v) is 5.09. The molecule has 1 aromatic carbocycles. The number of hydrogen-bond acceptors (Lipinski definition) is 3. The molecule has 112 valence electrons. The number of ether oxygens (including phenoxy) is 1. The fraction of sp³-hybridized carbons (Fsp3) is 0.529. The highest BCUT2D eigenvalue weighted by Gasteiger charge is 2.49. The highest BCUT2D eigenvalue weighted by molar-refractivity contribution is 5.94. The minimum Gasteiger partial charge on any atom is -0.427 e. The molecule has 3 unspecified atom stereocenters. The van der Waals surface area contributed by atoms with E-state index in [-0.39, 0.29) is 11.9 Å². The van der Waals surface area contributed by atoms with Crippen molar-refractivity contribution >= 4 is 11.9 Å². The van der Waals surface area contributed by atoms with E-state index in [0.29, 0.717) is 17.2 Å². The summed E-state index contributed by atoms with van der Waals surface area (Å²) >= 11 is 0. The predicted molar refractivity (Wildman–Crippen MR) is 79.0 cm³/mol. The predicted octanol–water partition coefficient (Wildman–Crippen LogP) is 2.63. The normalized spacial score (nSPS) is 29.6. The second-order valence-corrected chi connectivity index (χ2v) is 6.35. The van der Waals surface area contributed by atoms with Crippen LogP contribution in [0.3, 0.4) is 0 Å². The number of amides is 1. The summed E-state index contributed by atoms with van der Waals surface area (Å²) in [7, 11) is 0. The van der Waals surface area contributed by atoms with Gasteiger partial charge in [0.25, 0.3) is 5.91 Å². The van der Waals surface area contributed by atoms with Crippen molar-refractivity contribution in [3.63, 3.8) is 0 Å². The van der Waals surface area contributed by atoms with Crippen LogP contribution in [0.4, 0.5) is 0 Å². The first-order valence-corrected chi connectivity index (χ1v) is 7.61. The van der Waals surface area contributed by atoms with Crippen LogP contribution in [0.15, 0.2) is 24.3 Å². The van der Waals surface area contributed by atoms with E-state index in [2.05, 4.69) is 12.2 Å². The molecule has 1 aromatic rings. The minimum absolute atomic E-state index is 0.0965. The lowest BCUT2D eigenvalue weighted by Crippen LogP contribution is -2.33. The topological polar surface area (TPSA) is 55.4 Å². The molecule has 0 aliphatic heterocycles. The van der Waals surface area contributed by atoms with E-state index in [1.807, 2.05) is 0 Å². The maximum absolute atomic E-state index is 12.2. The van der Waals surface area contributed by atoms with Crippen molar-refractivity contribution in [2.45, 2.75) is 26.7 Å². The van der Waals surface area contributed by atoms with Crippen LogP contribution in [0.5, 0.6) is 5.75 Å². The standard InChI is InChI=1S/C17H21NO3/c1-10-13-6-14(16(10)8-13)9-18-17(20)12-4-3-5-15(7-12)21-11(2)19/h3-5,7,10,13-14,16H,6,8-9H2,1-2H3,(H,18,20)/t10-,13?,14?,16?/m1/s1. The van der Waals surface area contributed by atoms with Gasteiger partial charge in [-0.05, 0) is 54.7 Å². The van der Waals surface area contributed by atoms with Gasteiger partial charge < -0.3 is 10.1 Å². The Morgan fingerprint density at radius 1 is 1.33 bits per heavy atom. The second kappa shape index (κ2) is 5.51. The first-order valence-electron chi connectivity index (χ1n) is 7.61. The fourth-order valence-corrected chi connectivity index (χ4v) is 3.86. The Kier molecular flexibility index (Phi) is 3.70. The van der Waals surface area contributed by atoms with E-state index in [9.17, 15) is 9.59 Å². The van der Waals surface area contributed by atoms with Gasteiger partial charge in [-0.2, -0.15) is 0 Å². The molecule has 2 bridgehead atoms. The molecule has 3 fully saturated rings. The van der Waals surface area contributed by atoms with Crippen molar-refractivity contribution in [3.05, 3.63) is 29.8 Å².